The van der Waals surface area contributed by atoms with E-state index in [0.29, 0.717) is 28.7 Å². The number of hydrogen-bond donors (Lipinski definition) is 0. The minimum Gasteiger partial charge on any atom is -0.490 e. The molecule has 0 unspecified atom stereocenters. The third-order valence-electron chi connectivity index (χ3n) is 4.90. The van der Waals surface area contributed by atoms with E-state index in [2.05, 4.69) is 13.5 Å². The van der Waals surface area contributed by atoms with E-state index >= 15 is 4.39 Å². The Morgan fingerprint density at radius 2 is 1.80 bits per heavy atom. The van der Waals surface area contributed by atoms with Crippen LogP contribution in [0.15, 0.2) is 61.2 Å². The van der Waals surface area contributed by atoms with Crippen LogP contribution in [-0.2, 0) is 6.42 Å². The van der Waals surface area contributed by atoms with Crippen molar-refractivity contribution in [1.29, 1.82) is 0 Å². The predicted molar refractivity (Wildman–Crippen MR) is 115 cm³/mol. The first kappa shape index (κ1) is 21.8. The number of rotatable bonds is 10. The van der Waals surface area contributed by atoms with Crippen molar-refractivity contribution in [3.05, 3.63) is 72.6 Å². The zero-order chi connectivity index (χ0) is 21.5. The monoisotopic (exact) mass is 414 g/mol. The molecular formula is C25H25F3O2. The summed E-state index contributed by atoms with van der Waals surface area (Å²) in [5.41, 5.74) is 1.50. The van der Waals surface area contributed by atoms with Gasteiger partial charge in [-0.05, 0) is 47.6 Å². The van der Waals surface area contributed by atoms with Gasteiger partial charge in [0.05, 0.1) is 5.56 Å². The van der Waals surface area contributed by atoms with Crippen LogP contribution in [0.3, 0.4) is 0 Å². The number of fused-ring (bicyclic) bond motifs is 1. The average molecular weight is 414 g/mol. The van der Waals surface area contributed by atoms with Gasteiger partial charge < -0.3 is 9.47 Å². The van der Waals surface area contributed by atoms with Gasteiger partial charge in [0.1, 0.15) is 23.9 Å². The largest absolute Gasteiger partial charge is 0.490 e. The third-order valence-corrected chi connectivity index (χ3v) is 4.90. The van der Waals surface area contributed by atoms with Gasteiger partial charge in [-0.3, -0.25) is 0 Å². The van der Waals surface area contributed by atoms with Crippen LogP contribution in [0, 0.1) is 5.82 Å². The molecule has 0 bridgehead atoms. The Morgan fingerprint density at radius 3 is 2.47 bits per heavy atom. The van der Waals surface area contributed by atoms with Crippen LogP contribution in [-0.4, -0.2) is 13.2 Å². The Morgan fingerprint density at radius 1 is 1.03 bits per heavy atom. The van der Waals surface area contributed by atoms with Crippen LogP contribution >= 0.6 is 0 Å². The SMILES string of the molecule is C=CCOc1ccc(-c2c(OC(F)F)cc3cc(CCCCC)ccc3c2F)cc1. The first-order valence-electron chi connectivity index (χ1n) is 10.1. The van der Waals surface area contributed by atoms with Gasteiger partial charge in [-0.15, -0.1) is 0 Å². The zero-order valence-electron chi connectivity index (χ0n) is 17.0. The second-order valence-corrected chi connectivity index (χ2v) is 7.08. The van der Waals surface area contributed by atoms with E-state index < -0.39 is 12.4 Å². The maximum atomic E-state index is 15.4. The molecule has 0 atom stereocenters. The number of benzene rings is 3. The smallest absolute Gasteiger partial charge is 0.387 e. The van der Waals surface area contributed by atoms with Crippen LogP contribution < -0.4 is 9.47 Å². The van der Waals surface area contributed by atoms with Crippen LogP contribution in [0.25, 0.3) is 21.9 Å². The molecule has 3 aromatic rings. The molecule has 5 heteroatoms. The standard InChI is InChI=1S/C25H25F3O2/c1-3-5-6-7-17-8-13-21-19(15-17)16-22(30-25(27)28)23(24(21)26)18-9-11-20(12-10-18)29-14-4-2/h4,8-13,15-16,25H,2-3,5-7,14H2,1H3. The van der Waals surface area contributed by atoms with E-state index in [-0.39, 0.29) is 11.3 Å². The fourth-order valence-corrected chi connectivity index (χ4v) is 3.45. The lowest BCUT2D eigenvalue weighted by atomic mass is 9.96. The molecule has 30 heavy (non-hydrogen) atoms. The summed E-state index contributed by atoms with van der Waals surface area (Å²) in [7, 11) is 0. The topological polar surface area (TPSA) is 18.5 Å². The van der Waals surface area contributed by atoms with Gasteiger partial charge in [-0.2, -0.15) is 8.78 Å². The molecule has 0 saturated heterocycles. The molecular weight excluding hydrogens is 389 g/mol. The molecule has 0 radical (unpaired) electrons. The molecule has 0 heterocycles. The van der Waals surface area contributed by atoms with E-state index in [1.165, 1.54) is 6.07 Å². The fourth-order valence-electron chi connectivity index (χ4n) is 3.45. The molecule has 0 saturated carbocycles. The van der Waals surface area contributed by atoms with Gasteiger partial charge >= 0.3 is 6.61 Å². The molecule has 0 fully saturated rings. The van der Waals surface area contributed by atoms with Crippen LogP contribution in [0.4, 0.5) is 13.2 Å². The number of alkyl halides is 2. The molecule has 0 aliphatic heterocycles. The van der Waals surface area contributed by atoms with Crippen molar-refractivity contribution in [2.45, 2.75) is 39.2 Å². The minimum absolute atomic E-state index is 0.0109. The predicted octanol–water partition coefficient (Wildman–Crippen LogP) is 7.54. The fraction of sp³-hybridized carbons (Fsp3) is 0.280. The Bertz CT molecular complexity index is 997. The summed E-state index contributed by atoms with van der Waals surface area (Å²) in [6, 6.07) is 13.5. The molecule has 0 amide bonds. The quantitative estimate of drug-likeness (QED) is 0.252. The third kappa shape index (κ3) is 5.15. The molecule has 0 N–H and O–H groups in total. The van der Waals surface area contributed by atoms with E-state index in [1.54, 1.807) is 36.4 Å². The van der Waals surface area contributed by atoms with E-state index in [0.717, 1.165) is 31.2 Å². The van der Waals surface area contributed by atoms with Crippen molar-refractivity contribution in [3.63, 3.8) is 0 Å². The second kappa shape index (κ2) is 10.2. The second-order valence-electron chi connectivity index (χ2n) is 7.08. The lowest BCUT2D eigenvalue weighted by Gasteiger charge is -2.15. The normalized spacial score (nSPS) is 11.1. The summed E-state index contributed by atoms with van der Waals surface area (Å²) in [6.07, 6.45) is 5.72. The highest BCUT2D eigenvalue weighted by Gasteiger charge is 2.19. The maximum absolute atomic E-state index is 15.4. The molecule has 3 rings (SSSR count). The molecule has 158 valence electrons. The molecule has 0 aliphatic carbocycles. The highest BCUT2D eigenvalue weighted by molar-refractivity contribution is 5.92. The Balaban J connectivity index is 2.04. The van der Waals surface area contributed by atoms with Crippen molar-refractivity contribution < 1.29 is 22.6 Å². The van der Waals surface area contributed by atoms with Gasteiger partial charge in [0.2, 0.25) is 0 Å². The van der Waals surface area contributed by atoms with Gasteiger partial charge in [-0.25, -0.2) is 4.39 Å². The van der Waals surface area contributed by atoms with Gasteiger partial charge in [0.15, 0.2) is 0 Å². The zero-order valence-corrected chi connectivity index (χ0v) is 17.0. The number of unbranched alkanes of at least 4 members (excludes halogenated alkanes) is 2. The van der Waals surface area contributed by atoms with Gasteiger partial charge in [-0.1, -0.05) is 62.8 Å². The minimum atomic E-state index is -3.05. The summed E-state index contributed by atoms with van der Waals surface area (Å²) >= 11 is 0. The van der Waals surface area contributed by atoms with Crippen molar-refractivity contribution in [3.8, 4) is 22.6 Å². The molecule has 0 aliphatic rings. The van der Waals surface area contributed by atoms with Crippen LogP contribution in [0.2, 0.25) is 0 Å². The van der Waals surface area contributed by atoms with Gasteiger partial charge in [0, 0.05) is 5.39 Å². The van der Waals surface area contributed by atoms with E-state index in [1.807, 2.05) is 12.1 Å². The summed E-state index contributed by atoms with van der Waals surface area (Å²) < 4.78 is 51.7. The summed E-state index contributed by atoms with van der Waals surface area (Å²) in [5, 5.41) is 0.921. The Kier molecular flexibility index (Phi) is 7.39. The lowest BCUT2D eigenvalue weighted by Crippen LogP contribution is -2.05. The van der Waals surface area contributed by atoms with E-state index in [9.17, 15) is 8.78 Å². The summed E-state index contributed by atoms with van der Waals surface area (Å²) in [4.78, 5) is 0. The number of aryl methyl sites for hydroxylation is 1. The first-order chi connectivity index (χ1) is 14.5. The van der Waals surface area contributed by atoms with Crippen LogP contribution in [0.1, 0.15) is 31.7 Å². The summed E-state index contributed by atoms with van der Waals surface area (Å²) in [5.74, 6) is -0.184. The van der Waals surface area contributed by atoms with E-state index in [4.69, 9.17) is 9.47 Å². The maximum Gasteiger partial charge on any atom is 0.387 e. The van der Waals surface area contributed by atoms with Gasteiger partial charge in [0.25, 0.3) is 0 Å². The number of ether oxygens (including phenoxy) is 2. The average Bonchev–Trinajstić information content (AvgIpc) is 2.73. The van der Waals surface area contributed by atoms with Crippen LogP contribution in [0.5, 0.6) is 11.5 Å². The number of halogens is 3. The highest BCUT2D eigenvalue weighted by Crippen LogP contribution is 2.39. The van der Waals surface area contributed by atoms with Crippen molar-refractivity contribution in [2.75, 3.05) is 6.61 Å². The summed E-state index contributed by atoms with van der Waals surface area (Å²) in [6.45, 7) is 3.00. The molecule has 2 nitrogen and oxygen atoms in total. The van der Waals surface area contributed by atoms with Crippen molar-refractivity contribution in [2.24, 2.45) is 0 Å². The Labute approximate surface area is 174 Å². The van der Waals surface area contributed by atoms with Crippen molar-refractivity contribution >= 4 is 10.8 Å². The highest BCUT2D eigenvalue weighted by atomic mass is 19.3. The Hall–Kier alpha value is -2.95. The first-order valence-corrected chi connectivity index (χ1v) is 10.1. The molecule has 0 spiro atoms. The molecule has 0 aromatic heterocycles. The molecule has 3 aromatic carbocycles. The lowest BCUT2D eigenvalue weighted by molar-refractivity contribution is -0.0494. The number of hydrogen-bond acceptors (Lipinski definition) is 2. The van der Waals surface area contributed by atoms with Crippen molar-refractivity contribution in [1.82, 2.24) is 0 Å².